The van der Waals surface area contributed by atoms with Gasteiger partial charge >= 0.3 is 5.97 Å². The van der Waals surface area contributed by atoms with Gasteiger partial charge < -0.3 is 14.5 Å². The molecular formula is C20H19NO4S. The molecular weight excluding hydrogens is 350 g/mol. The smallest absolute Gasteiger partial charge is 0.376 e. The lowest BCUT2D eigenvalue weighted by atomic mass is 10.1. The van der Waals surface area contributed by atoms with E-state index in [0.717, 1.165) is 10.6 Å². The van der Waals surface area contributed by atoms with E-state index >= 15 is 0 Å². The number of anilines is 1. The van der Waals surface area contributed by atoms with Gasteiger partial charge in [-0.05, 0) is 36.9 Å². The molecule has 0 unspecified atom stereocenters. The van der Waals surface area contributed by atoms with Crippen molar-refractivity contribution in [1.29, 1.82) is 0 Å². The van der Waals surface area contributed by atoms with E-state index in [1.54, 1.807) is 43.0 Å². The van der Waals surface area contributed by atoms with Crippen molar-refractivity contribution in [3.63, 3.8) is 0 Å². The lowest BCUT2D eigenvalue weighted by Crippen LogP contribution is -2.15. The van der Waals surface area contributed by atoms with Gasteiger partial charge in [-0.2, -0.15) is 0 Å². The zero-order valence-corrected chi connectivity index (χ0v) is 15.4. The minimum Gasteiger partial charge on any atom is -0.460 e. The number of benzene rings is 2. The highest BCUT2D eigenvalue weighted by Gasteiger charge is 2.24. The Balaban J connectivity index is 2.01. The molecule has 1 amide bonds. The fraction of sp³-hybridized carbons (Fsp3) is 0.200. The predicted octanol–water partition coefficient (Wildman–Crippen LogP) is 4.97. The third-order valence-electron chi connectivity index (χ3n) is 3.73. The number of carbonyl (C=O) groups is 2. The van der Waals surface area contributed by atoms with Crippen molar-refractivity contribution in [2.75, 3.05) is 17.7 Å². The van der Waals surface area contributed by atoms with Gasteiger partial charge in [0.05, 0.1) is 12.2 Å². The van der Waals surface area contributed by atoms with Crippen molar-refractivity contribution in [2.24, 2.45) is 0 Å². The van der Waals surface area contributed by atoms with Crippen LogP contribution in [0.4, 0.5) is 5.69 Å². The summed E-state index contributed by atoms with van der Waals surface area (Å²) in [5.41, 5.74) is 1.40. The van der Waals surface area contributed by atoms with Crippen molar-refractivity contribution in [3.05, 3.63) is 59.9 Å². The maximum Gasteiger partial charge on any atom is 0.376 e. The Morgan fingerprint density at radius 3 is 2.58 bits per heavy atom. The van der Waals surface area contributed by atoms with Gasteiger partial charge in [-0.1, -0.05) is 31.2 Å². The highest BCUT2D eigenvalue weighted by Crippen LogP contribution is 2.32. The third kappa shape index (κ3) is 3.60. The summed E-state index contributed by atoms with van der Waals surface area (Å²) in [4.78, 5) is 26.0. The maximum absolute atomic E-state index is 12.9. The zero-order valence-electron chi connectivity index (χ0n) is 14.6. The fourth-order valence-corrected chi connectivity index (χ4v) is 3.43. The van der Waals surface area contributed by atoms with E-state index in [4.69, 9.17) is 9.15 Å². The summed E-state index contributed by atoms with van der Waals surface area (Å²) in [5, 5.41) is 3.50. The number of nitrogens with one attached hydrogen (secondary N) is 1. The first-order chi connectivity index (χ1) is 12.7. The number of furan rings is 1. The van der Waals surface area contributed by atoms with E-state index in [2.05, 4.69) is 5.32 Å². The average Bonchev–Trinajstić information content (AvgIpc) is 3.01. The summed E-state index contributed by atoms with van der Waals surface area (Å²) < 4.78 is 10.7. The molecule has 0 saturated carbocycles. The summed E-state index contributed by atoms with van der Waals surface area (Å²) in [7, 11) is 0. The summed E-state index contributed by atoms with van der Waals surface area (Å²) in [6.45, 7) is 3.97. The highest BCUT2D eigenvalue weighted by atomic mass is 32.2. The van der Waals surface area contributed by atoms with Crippen LogP contribution in [0.3, 0.4) is 0 Å². The molecule has 3 rings (SSSR count). The molecule has 0 fully saturated rings. The SMILES string of the molecule is CCOC(=O)c1oc2ccccc2c1NC(=O)c1ccccc1SCC. The summed E-state index contributed by atoms with van der Waals surface area (Å²) >= 11 is 1.59. The van der Waals surface area contributed by atoms with Crippen molar-refractivity contribution in [2.45, 2.75) is 18.7 Å². The molecule has 3 aromatic rings. The van der Waals surface area contributed by atoms with E-state index in [1.165, 1.54) is 0 Å². The second-order valence-corrected chi connectivity index (χ2v) is 6.71. The standard InChI is InChI=1S/C20H19NO4S/c1-3-24-20(23)18-17(13-9-5-7-11-15(13)25-18)21-19(22)14-10-6-8-12-16(14)26-4-2/h5-12H,3-4H2,1-2H3,(H,21,22). The molecule has 0 radical (unpaired) electrons. The third-order valence-corrected chi connectivity index (χ3v) is 4.68. The molecule has 1 aromatic heterocycles. The number of hydrogen-bond donors (Lipinski definition) is 1. The molecule has 6 heteroatoms. The summed E-state index contributed by atoms with van der Waals surface area (Å²) in [6.07, 6.45) is 0. The van der Waals surface area contributed by atoms with Gasteiger partial charge in [0.25, 0.3) is 5.91 Å². The van der Waals surface area contributed by atoms with Gasteiger partial charge in [0.15, 0.2) is 0 Å². The van der Waals surface area contributed by atoms with E-state index in [9.17, 15) is 9.59 Å². The molecule has 1 N–H and O–H groups in total. The number of ether oxygens (including phenoxy) is 1. The Labute approximate surface area is 155 Å². The lowest BCUT2D eigenvalue weighted by Gasteiger charge is -2.09. The molecule has 0 bridgehead atoms. The molecule has 134 valence electrons. The van der Waals surface area contributed by atoms with Gasteiger partial charge in [0.2, 0.25) is 5.76 Å². The largest absolute Gasteiger partial charge is 0.460 e. The number of fused-ring (bicyclic) bond motifs is 1. The molecule has 0 aliphatic carbocycles. The van der Waals surface area contributed by atoms with Crippen molar-refractivity contribution in [3.8, 4) is 0 Å². The first-order valence-electron chi connectivity index (χ1n) is 8.37. The van der Waals surface area contributed by atoms with Crippen LogP contribution in [0.5, 0.6) is 0 Å². The van der Waals surface area contributed by atoms with Gasteiger partial charge in [-0.3, -0.25) is 4.79 Å². The molecule has 0 saturated heterocycles. The molecule has 0 aliphatic heterocycles. The zero-order chi connectivity index (χ0) is 18.5. The van der Waals surface area contributed by atoms with Crippen LogP contribution in [-0.2, 0) is 4.74 Å². The van der Waals surface area contributed by atoms with Crippen LogP contribution in [0, 0.1) is 0 Å². The molecule has 5 nitrogen and oxygen atoms in total. The molecule has 2 aromatic carbocycles. The van der Waals surface area contributed by atoms with Crippen molar-refractivity contribution >= 4 is 40.3 Å². The van der Waals surface area contributed by atoms with Crippen LogP contribution >= 0.6 is 11.8 Å². The Morgan fingerprint density at radius 1 is 1.08 bits per heavy atom. The normalized spacial score (nSPS) is 10.7. The number of rotatable bonds is 6. The minimum absolute atomic E-state index is 0.00188. The number of para-hydroxylation sites is 1. The Kier molecular flexibility index (Phi) is 5.63. The van der Waals surface area contributed by atoms with Crippen molar-refractivity contribution in [1.82, 2.24) is 0 Å². The molecule has 0 atom stereocenters. The second kappa shape index (κ2) is 8.10. The Hall–Kier alpha value is -2.73. The Bertz CT molecular complexity index is 948. The summed E-state index contributed by atoms with van der Waals surface area (Å²) in [6, 6.07) is 14.5. The molecule has 0 spiro atoms. The number of amides is 1. The van der Waals surface area contributed by atoms with Gasteiger partial charge in [-0.25, -0.2) is 4.79 Å². The number of hydrogen-bond acceptors (Lipinski definition) is 5. The summed E-state index contributed by atoms with van der Waals surface area (Å²) in [5.74, 6) is -0.0385. The lowest BCUT2D eigenvalue weighted by molar-refractivity contribution is 0.0494. The van der Waals surface area contributed by atoms with Gasteiger partial charge in [-0.15, -0.1) is 11.8 Å². The van der Waals surface area contributed by atoms with Crippen LogP contribution in [0.1, 0.15) is 34.8 Å². The fourth-order valence-electron chi connectivity index (χ4n) is 2.63. The second-order valence-electron chi connectivity index (χ2n) is 5.41. The van der Waals surface area contributed by atoms with Gasteiger partial charge in [0.1, 0.15) is 11.3 Å². The quantitative estimate of drug-likeness (QED) is 0.490. The minimum atomic E-state index is -0.602. The maximum atomic E-state index is 12.9. The van der Waals surface area contributed by atoms with Crippen LogP contribution in [0.15, 0.2) is 57.8 Å². The Morgan fingerprint density at radius 2 is 1.81 bits per heavy atom. The monoisotopic (exact) mass is 369 g/mol. The van der Waals surface area contributed by atoms with E-state index in [-0.39, 0.29) is 18.3 Å². The van der Waals surface area contributed by atoms with Crippen LogP contribution < -0.4 is 5.32 Å². The van der Waals surface area contributed by atoms with E-state index < -0.39 is 5.97 Å². The predicted molar refractivity (Wildman–Crippen MR) is 103 cm³/mol. The molecule has 1 heterocycles. The average molecular weight is 369 g/mol. The first-order valence-corrected chi connectivity index (χ1v) is 9.36. The first kappa shape index (κ1) is 18.1. The molecule has 26 heavy (non-hydrogen) atoms. The molecule has 0 aliphatic rings. The number of esters is 1. The van der Waals surface area contributed by atoms with Crippen LogP contribution in [-0.4, -0.2) is 24.2 Å². The van der Waals surface area contributed by atoms with Crippen molar-refractivity contribution < 1.29 is 18.7 Å². The highest BCUT2D eigenvalue weighted by molar-refractivity contribution is 7.99. The van der Waals surface area contributed by atoms with E-state index in [0.29, 0.717) is 22.2 Å². The van der Waals surface area contributed by atoms with E-state index in [1.807, 2.05) is 31.2 Å². The van der Waals surface area contributed by atoms with Crippen LogP contribution in [0.2, 0.25) is 0 Å². The van der Waals surface area contributed by atoms with Gasteiger partial charge in [0, 0.05) is 10.3 Å². The number of thioether (sulfide) groups is 1. The van der Waals surface area contributed by atoms with Crippen LogP contribution in [0.25, 0.3) is 11.0 Å². The topological polar surface area (TPSA) is 68.5 Å². The number of carbonyl (C=O) groups excluding carboxylic acids is 2.